The van der Waals surface area contributed by atoms with Gasteiger partial charge >= 0.3 is 6.92 Å². The Kier molecular flexibility index (Phi) is 2.09. The van der Waals surface area contributed by atoms with Crippen molar-refractivity contribution in [3.8, 4) is 0 Å². The Morgan fingerprint density at radius 2 is 2.20 bits per heavy atom. The van der Waals surface area contributed by atoms with Crippen LogP contribution in [0.15, 0.2) is 24.3 Å². The molecule has 2 aliphatic rings. The molecular formula is C11H13BO3. The van der Waals surface area contributed by atoms with Gasteiger partial charge in [-0.3, -0.25) is 4.89 Å². The molecule has 1 heterocycles. The third-order valence-electron chi connectivity index (χ3n) is 3.44. The van der Waals surface area contributed by atoms with Gasteiger partial charge in [0.2, 0.25) is 0 Å². The molecule has 0 saturated carbocycles. The van der Waals surface area contributed by atoms with E-state index in [1.54, 1.807) is 0 Å². The normalized spacial score (nSPS) is 29.5. The molecule has 1 aliphatic heterocycles. The molecule has 1 unspecified atom stereocenters. The zero-order chi connectivity index (χ0) is 10.3. The van der Waals surface area contributed by atoms with Crippen LogP contribution in [0, 0.1) is 0 Å². The first-order valence-corrected chi connectivity index (χ1v) is 5.40. The predicted molar refractivity (Wildman–Crippen MR) is 56.3 cm³/mol. The van der Waals surface area contributed by atoms with Crippen molar-refractivity contribution in [3.05, 3.63) is 35.4 Å². The van der Waals surface area contributed by atoms with E-state index in [1.807, 2.05) is 18.2 Å². The van der Waals surface area contributed by atoms with Crippen LogP contribution in [0.2, 0.25) is 6.32 Å². The molecule has 1 aromatic carbocycles. The van der Waals surface area contributed by atoms with Crippen LogP contribution in [-0.2, 0) is 21.6 Å². The Labute approximate surface area is 89.1 Å². The first-order chi connectivity index (χ1) is 7.31. The summed E-state index contributed by atoms with van der Waals surface area (Å²) in [7, 11) is 0. The first kappa shape index (κ1) is 9.40. The van der Waals surface area contributed by atoms with Crippen molar-refractivity contribution in [3.63, 3.8) is 0 Å². The number of rotatable bonds is 1. The highest BCUT2D eigenvalue weighted by Crippen LogP contribution is 2.41. The van der Waals surface area contributed by atoms with Crippen LogP contribution in [-0.4, -0.2) is 18.6 Å². The molecule has 1 aliphatic carbocycles. The van der Waals surface area contributed by atoms with Crippen LogP contribution in [0.3, 0.4) is 0 Å². The van der Waals surface area contributed by atoms with E-state index in [0.717, 1.165) is 24.7 Å². The van der Waals surface area contributed by atoms with Crippen molar-refractivity contribution < 1.29 is 14.8 Å². The van der Waals surface area contributed by atoms with Gasteiger partial charge in [0.1, 0.15) is 0 Å². The van der Waals surface area contributed by atoms with E-state index in [0.29, 0.717) is 6.61 Å². The van der Waals surface area contributed by atoms with Crippen LogP contribution in [0.1, 0.15) is 17.5 Å². The van der Waals surface area contributed by atoms with Crippen molar-refractivity contribution in [2.45, 2.75) is 24.7 Å². The largest absolute Gasteiger partial charge is 0.390 e. The first-order valence-electron chi connectivity index (χ1n) is 5.40. The number of hydrogen-bond acceptors (Lipinski definition) is 3. The second kappa shape index (κ2) is 3.34. The highest BCUT2D eigenvalue weighted by atomic mass is 17.2. The molecule has 0 amide bonds. The monoisotopic (exact) mass is 204 g/mol. The second-order valence-corrected chi connectivity index (χ2v) is 4.28. The minimum absolute atomic E-state index is 0.207. The van der Waals surface area contributed by atoms with Gasteiger partial charge in [0, 0.05) is 0 Å². The topological polar surface area (TPSA) is 38.7 Å². The SMILES string of the molecule is OC1(B2CCOO2)CCc2ccccc21. The van der Waals surface area contributed by atoms with Crippen LogP contribution in [0.4, 0.5) is 0 Å². The summed E-state index contributed by atoms with van der Waals surface area (Å²) in [6.07, 6.45) is 2.43. The van der Waals surface area contributed by atoms with Crippen molar-refractivity contribution >= 4 is 6.92 Å². The minimum Gasteiger partial charge on any atom is -0.390 e. The average molecular weight is 204 g/mol. The van der Waals surface area contributed by atoms with Gasteiger partial charge in [0.05, 0.1) is 12.1 Å². The summed E-state index contributed by atoms with van der Waals surface area (Å²) >= 11 is 0. The number of fused-ring (bicyclic) bond motifs is 1. The number of aliphatic hydroxyl groups is 1. The van der Waals surface area contributed by atoms with E-state index in [9.17, 15) is 5.11 Å². The Balaban J connectivity index is 2.00. The third-order valence-corrected chi connectivity index (χ3v) is 3.44. The molecule has 78 valence electrons. The van der Waals surface area contributed by atoms with E-state index < -0.39 is 5.50 Å². The van der Waals surface area contributed by atoms with Gasteiger partial charge in [0.25, 0.3) is 0 Å². The highest BCUT2D eigenvalue weighted by Gasteiger charge is 2.50. The fourth-order valence-electron chi connectivity index (χ4n) is 2.61. The maximum Gasteiger partial charge on any atom is 0.379 e. The molecule has 1 aromatic rings. The lowest BCUT2D eigenvalue weighted by molar-refractivity contribution is -0.192. The Morgan fingerprint density at radius 1 is 1.33 bits per heavy atom. The summed E-state index contributed by atoms with van der Waals surface area (Å²) < 4.78 is 0. The van der Waals surface area contributed by atoms with E-state index >= 15 is 0 Å². The van der Waals surface area contributed by atoms with Gasteiger partial charge in [-0.1, -0.05) is 24.3 Å². The van der Waals surface area contributed by atoms with Gasteiger partial charge in [0.15, 0.2) is 0 Å². The molecular weight excluding hydrogens is 191 g/mol. The average Bonchev–Trinajstić information content (AvgIpc) is 2.88. The van der Waals surface area contributed by atoms with E-state index in [-0.39, 0.29) is 6.92 Å². The summed E-state index contributed by atoms with van der Waals surface area (Å²) in [5.74, 6) is 0. The Bertz CT molecular complexity index is 376. The van der Waals surface area contributed by atoms with Crippen LogP contribution < -0.4 is 0 Å². The smallest absolute Gasteiger partial charge is 0.379 e. The quantitative estimate of drug-likeness (QED) is 0.553. The molecule has 0 spiro atoms. The lowest BCUT2D eigenvalue weighted by Gasteiger charge is -2.25. The molecule has 3 nitrogen and oxygen atoms in total. The van der Waals surface area contributed by atoms with Gasteiger partial charge in [-0.25, -0.2) is 0 Å². The molecule has 1 saturated heterocycles. The molecule has 3 rings (SSSR count). The second-order valence-electron chi connectivity index (χ2n) is 4.28. The lowest BCUT2D eigenvalue weighted by Crippen LogP contribution is -2.41. The Morgan fingerprint density at radius 3 is 3.00 bits per heavy atom. The van der Waals surface area contributed by atoms with Crippen LogP contribution in [0.5, 0.6) is 0 Å². The maximum absolute atomic E-state index is 10.6. The highest BCUT2D eigenvalue weighted by molar-refractivity contribution is 6.55. The molecule has 1 N–H and O–H groups in total. The number of benzene rings is 1. The lowest BCUT2D eigenvalue weighted by atomic mass is 9.49. The standard InChI is InChI=1S/C11H13BO3/c13-11(12-7-8-14-15-12)6-5-9-3-1-2-4-10(9)11/h1-4,13H,5-8H2. The fourth-order valence-corrected chi connectivity index (χ4v) is 2.61. The zero-order valence-corrected chi connectivity index (χ0v) is 8.48. The van der Waals surface area contributed by atoms with E-state index in [1.165, 1.54) is 5.56 Å². The van der Waals surface area contributed by atoms with Crippen molar-refractivity contribution in [2.75, 3.05) is 6.61 Å². The molecule has 4 heteroatoms. The van der Waals surface area contributed by atoms with E-state index in [4.69, 9.17) is 9.69 Å². The molecule has 0 aromatic heterocycles. The third kappa shape index (κ3) is 1.33. The van der Waals surface area contributed by atoms with Gasteiger partial charge in [-0.05, 0) is 30.3 Å². The molecule has 0 radical (unpaired) electrons. The van der Waals surface area contributed by atoms with Crippen LogP contribution in [0.25, 0.3) is 0 Å². The van der Waals surface area contributed by atoms with Gasteiger partial charge in [-0.15, -0.1) is 0 Å². The van der Waals surface area contributed by atoms with E-state index in [2.05, 4.69) is 6.07 Å². The van der Waals surface area contributed by atoms with Crippen molar-refractivity contribution in [1.82, 2.24) is 0 Å². The summed E-state index contributed by atoms with van der Waals surface area (Å²) in [5.41, 5.74) is 1.41. The fraction of sp³-hybridized carbons (Fsp3) is 0.455. The van der Waals surface area contributed by atoms with Crippen molar-refractivity contribution in [1.29, 1.82) is 0 Å². The summed E-state index contributed by atoms with van der Waals surface area (Å²) in [6.45, 7) is 0.371. The van der Waals surface area contributed by atoms with Crippen LogP contribution >= 0.6 is 0 Å². The molecule has 0 bridgehead atoms. The molecule has 15 heavy (non-hydrogen) atoms. The molecule has 1 fully saturated rings. The maximum atomic E-state index is 10.6. The molecule has 1 atom stereocenters. The summed E-state index contributed by atoms with van der Waals surface area (Å²) in [5, 5.41) is 10.6. The summed E-state index contributed by atoms with van der Waals surface area (Å²) in [6, 6.07) is 8.04. The van der Waals surface area contributed by atoms with Crippen molar-refractivity contribution in [2.24, 2.45) is 0 Å². The minimum atomic E-state index is -0.840. The Hall–Kier alpha value is -0.835. The summed E-state index contributed by atoms with van der Waals surface area (Å²) in [4.78, 5) is 10.0. The predicted octanol–water partition coefficient (Wildman–Crippen LogP) is 1.31. The zero-order valence-electron chi connectivity index (χ0n) is 8.48. The van der Waals surface area contributed by atoms with Gasteiger partial charge < -0.3 is 9.91 Å². The number of hydrogen-bond donors (Lipinski definition) is 1. The number of aryl methyl sites for hydroxylation is 1. The van der Waals surface area contributed by atoms with Gasteiger partial charge in [-0.2, -0.15) is 0 Å².